The van der Waals surface area contributed by atoms with Crippen molar-refractivity contribution in [2.24, 2.45) is 5.84 Å². The SMILES string of the molecule is CC[C@H](NN)c1ccccc1F. The number of rotatable bonds is 3. The van der Waals surface area contributed by atoms with Gasteiger partial charge in [0.05, 0.1) is 0 Å². The molecule has 66 valence electrons. The largest absolute Gasteiger partial charge is 0.271 e. The van der Waals surface area contributed by atoms with Crippen LogP contribution in [0.2, 0.25) is 0 Å². The summed E-state index contributed by atoms with van der Waals surface area (Å²) < 4.78 is 13.1. The lowest BCUT2D eigenvalue weighted by Gasteiger charge is -2.13. The molecule has 0 amide bonds. The van der Waals surface area contributed by atoms with Gasteiger partial charge in [0, 0.05) is 11.6 Å². The molecule has 0 aliphatic rings. The van der Waals surface area contributed by atoms with E-state index in [2.05, 4.69) is 5.43 Å². The molecule has 0 saturated carbocycles. The van der Waals surface area contributed by atoms with E-state index >= 15 is 0 Å². The smallest absolute Gasteiger partial charge is 0.128 e. The fourth-order valence-corrected chi connectivity index (χ4v) is 1.19. The highest BCUT2D eigenvalue weighted by Gasteiger charge is 2.10. The van der Waals surface area contributed by atoms with E-state index in [0.29, 0.717) is 5.56 Å². The molecule has 1 atom stereocenters. The van der Waals surface area contributed by atoms with Crippen LogP contribution in [0, 0.1) is 5.82 Å². The second kappa shape index (κ2) is 4.18. The lowest BCUT2D eigenvalue weighted by atomic mass is 10.1. The number of hydrogen-bond acceptors (Lipinski definition) is 2. The van der Waals surface area contributed by atoms with Crippen LogP contribution in [0.25, 0.3) is 0 Å². The number of benzene rings is 1. The second-order valence-electron chi connectivity index (χ2n) is 2.65. The van der Waals surface area contributed by atoms with Gasteiger partial charge < -0.3 is 0 Å². The molecule has 3 N–H and O–H groups in total. The average Bonchev–Trinajstić information content (AvgIpc) is 2.10. The van der Waals surface area contributed by atoms with E-state index in [1.54, 1.807) is 18.2 Å². The topological polar surface area (TPSA) is 38.0 Å². The molecule has 0 radical (unpaired) electrons. The Hall–Kier alpha value is -0.930. The molecule has 3 heteroatoms. The first-order chi connectivity index (χ1) is 5.79. The minimum Gasteiger partial charge on any atom is -0.271 e. The number of hydrazine groups is 1. The summed E-state index contributed by atoms with van der Waals surface area (Å²) in [6, 6.07) is 6.56. The molecule has 0 unspecified atom stereocenters. The maximum atomic E-state index is 13.1. The molecule has 0 aromatic heterocycles. The van der Waals surface area contributed by atoms with Crippen LogP contribution in [0.1, 0.15) is 24.9 Å². The minimum absolute atomic E-state index is 0.0915. The van der Waals surface area contributed by atoms with Crippen LogP contribution in [0.15, 0.2) is 24.3 Å². The monoisotopic (exact) mass is 168 g/mol. The van der Waals surface area contributed by atoms with Gasteiger partial charge in [0.25, 0.3) is 0 Å². The molecule has 0 bridgehead atoms. The summed E-state index contributed by atoms with van der Waals surface area (Å²) in [5, 5.41) is 0. The van der Waals surface area contributed by atoms with Crippen LogP contribution in [0.4, 0.5) is 4.39 Å². The zero-order valence-corrected chi connectivity index (χ0v) is 7.05. The summed E-state index contributed by atoms with van der Waals surface area (Å²) in [6.07, 6.45) is 0.775. The van der Waals surface area contributed by atoms with Crippen molar-refractivity contribution < 1.29 is 4.39 Å². The highest BCUT2D eigenvalue weighted by molar-refractivity contribution is 5.20. The van der Waals surface area contributed by atoms with E-state index in [1.807, 2.05) is 6.92 Å². The van der Waals surface area contributed by atoms with Crippen molar-refractivity contribution in [1.29, 1.82) is 0 Å². The van der Waals surface area contributed by atoms with Gasteiger partial charge in [0.1, 0.15) is 5.82 Å². The van der Waals surface area contributed by atoms with E-state index in [4.69, 9.17) is 5.84 Å². The number of halogens is 1. The molecule has 0 aliphatic heterocycles. The Morgan fingerprint density at radius 3 is 2.67 bits per heavy atom. The van der Waals surface area contributed by atoms with Crippen LogP contribution in [-0.2, 0) is 0 Å². The van der Waals surface area contributed by atoms with Crippen molar-refractivity contribution in [2.45, 2.75) is 19.4 Å². The Balaban J connectivity index is 2.92. The summed E-state index contributed by atoms with van der Waals surface area (Å²) >= 11 is 0. The molecule has 0 spiro atoms. The Morgan fingerprint density at radius 1 is 1.50 bits per heavy atom. The Labute approximate surface area is 71.6 Å². The van der Waals surface area contributed by atoms with Crippen LogP contribution >= 0.6 is 0 Å². The van der Waals surface area contributed by atoms with E-state index in [-0.39, 0.29) is 11.9 Å². The quantitative estimate of drug-likeness (QED) is 0.533. The fourth-order valence-electron chi connectivity index (χ4n) is 1.19. The summed E-state index contributed by atoms with van der Waals surface area (Å²) in [5.41, 5.74) is 3.20. The molecule has 0 heterocycles. The van der Waals surface area contributed by atoms with E-state index < -0.39 is 0 Å². The predicted octanol–water partition coefficient (Wildman–Crippen LogP) is 1.74. The molecule has 1 aromatic carbocycles. The van der Waals surface area contributed by atoms with Crippen molar-refractivity contribution >= 4 is 0 Å². The third kappa shape index (κ3) is 1.81. The summed E-state index contributed by atoms with van der Waals surface area (Å²) in [7, 11) is 0. The van der Waals surface area contributed by atoms with Gasteiger partial charge in [-0.05, 0) is 12.5 Å². The van der Waals surface area contributed by atoms with E-state index in [1.165, 1.54) is 6.07 Å². The maximum Gasteiger partial charge on any atom is 0.128 e. The van der Waals surface area contributed by atoms with Gasteiger partial charge in [0.15, 0.2) is 0 Å². The van der Waals surface area contributed by atoms with E-state index in [0.717, 1.165) is 6.42 Å². The first kappa shape index (κ1) is 9.16. The Morgan fingerprint density at radius 2 is 2.17 bits per heavy atom. The summed E-state index contributed by atoms with van der Waals surface area (Å²) in [6.45, 7) is 1.96. The number of hydrogen-bond donors (Lipinski definition) is 2. The van der Waals surface area contributed by atoms with Crippen LogP contribution < -0.4 is 11.3 Å². The summed E-state index contributed by atoms with van der Waals surface area (Å²) in [4.78, 5) is 0. The first-order valence-corrected chi connectivity index (χ1v) is 4.00. The Kier molecular flexibility index (Phi) is 3.19. The van der Waals surface area contributed by atoms with Crippen molar-refractivity contribution in [3.63, 3.8) is 0 Å². The molecular weight excluding hydrogens is 155 g/mol. The van der Waals surface area contributed by atoms with Crippen molar-refractivity contribution in [2.75, 3.05) is 0 Å². The van der Waals surface area contributed by atoms with Crippen molar-refractivity contribution in [1.82, 2.24) is 5.43 Å². The van der Waals surface area contributed by atoms with Gasteiger partial charge in [-0.1, -0.05) is 25.1 Å². The van der Waals surface area contributed by atoms with Gasteiger partial charge in [-0.2, -0.15) is 0 Å². The van der Waals surface area contributed by atoms with Crippen LogP contribution in [0.5, 0.6) is 0 Å². The van der Waals surface area contributed by atoms with Crippen molar-refractivity contribution in [3.8, 4) is 0 Å². The van der Waals surface area contributed by atoms with Gasteiger partial charge in [-0.15, -0.1) is 0 Å². The molecule has 1 aromatic rings. The normalized spacial score (nSPS) is 12.9. The third-order valence-electron chi connectivity index (χ3n) is 1.89. The fraction of sp³-hybridized carbons (Fsp3) is 0.333. The molecule has 0 fully saturated rings. The highest BCUT2D eigenvalue weighted by atomic mass is 19.1. The van der Waals surface area contributed by atoms with Crippen molar-refractivity contribution in [3.05, 3.63) is 35.6 Å². The molecule has 0 aliphatic carbocycles. The molecule has 2 nitrogen and oxygen atoms in total. The highest BCUT2D eigenvalue weighted by Crippen LogP contribution is 2.18. The second-order valence-corrected chi connectivity index (χ2v) is 2.65. The lowest BCUT2D eigenvalue weighted by molar-refractivity contribution is 0.501. The lowest BCUT2D eigenvalue weighted by Crippen LogP contribution is -2.28. The third-order valence-corrected chi connectivity index (χ3v) is 1.89. The van der Waals surface area contributed by atoms with E-state index in [9.17, 15) is 4.39 Å². The first-order valence-electron chi connectivity index (χ1n) is 4.00. The Bertz CT molecular complexity index is 246. The standard InChI is InChI=1S/C9H13FN2/c1-2-9(12-11)7-5-3-4-6-8(7)10/h3-6,9,12H,2,11H2,1H3/t9-/m0/s1. The number of nitrogens with two attached hydrogens (primary N) is 1. The molecular formula is C9H13FN2. The predicted molar refractivity (Wildman–Crippen MR) is 46.8 cm³/mol. The molecule has 1 rings (SSSR count). The summed E-state index contributed by atoms with van der Waals surface area (Å²) in [5.74, 6) is 5.06. The van der Waals surface area contributed by atoms with Crippen LogP contribution in [0.3, 0.4) is 0 Å². The van der Waals surface area contributed by atoms with Gasteiger partial charge in [-0.3, -0.25) is 11.3 Å². The average molecular weight is 168 g/mol. The zero-order chi connectivity index (χ0) is 8.97. The van der Waals surface area contributed by atoms with Gasteiger partial charge >= 0.3 is 0 Å². The van der Waals surface area contributed by atoms with Crippen LogP contribution in [-0.4, -0.2) is 0 Å². The number of nitrogens with one attached hydrogen (secondary N) is 1. The van der Waals surface area contributed by atoms with Gasteiger partial charge in [0.2, 0.25) is 0 Å². The van der Waals surface area contributed by atoms with Gasteiger partial charge in [-0.25, -0.2) is 4.39 Å². The zero-order valence-electron chi connectivity index (χ0n) is 7.05. The molecule has 12 heavy (non-hydrogen) atoms. The maximum absolute atomic E-state index is 13.1. The minimum atomic E-state index is -0.206. The molecule has 0 saturated heterocycles.